The van der Waals surface area contributed by atoms with Gasteiger partial charge in [0.2, 0.25) is 0 Å². The van der Waals surface area contributed by atoms with E-state index >= 15 is 0 Å². The number of thiocarbonyl (C=S) groups is 1. The number of nitrogens with zero attached hydrogens (tertiary/aromatic N) is 1. The number of anilines is 1. The molecule has 1 fully saturated rings. The fourth-order valence-electron chi connectivity index (χ4n) is 3.38. The van der Waals surface area contributed by atoms with Crippen LogP contribution in [0.15, 0.2) is 48.5 Å². The highest BCUT2D eigenvalue weighted by Gasteiger charge is 2.20. The first kappa shape index (κ1) is 21.4. The second-order valence-corrected chi connectivity index (χ2v) is 7.48. The van der Waals surface area contributed by atoms with Gasteiger partial charge in [-0.05, 0) is 55.4 Å². The lowest BCUT2D eigenvalue weighted by molar-refractivity contribution is -0.385. The minimum absolute atomic E-state index is 0.00226. The lowest BCUT2D eigenvalue weighted by Crippen LogP contribution is -2.36. The summed E-state index contributed by atoms with van der Waals surface area (Å²) in [5, 5.41) is 19.4. The van der Waals surface area contributed by atoms with Crippen molar-refractivity contribution in [3.63, 3.8) is 0 Å². The summed E-state index contributed by atoms with van der Waals surface area (Å²) in [6, 6.07) is 12.6. The third-order valence-electron chi connectivity index (χ3n) is 4.92. The zero-order valence-electron chi connectivity index (χ0n) is 16.2. The number of nitrogens with one attached hydrogen (secondary N) is 3. The molecule has 1 saturated carbocycles. The van der Waals surface area contributed by atoms with Crippen molar-refractivity contribution in [2.24, 2.45) is 0 Å². The maximum Gasteiger partial charge on any atom is 0.282 e. The molecule has 3 N–H and O–H groups in total. The van der Waals surface area contributed by atoms with Crippen molar-refractivity contribution < 1.29 is 14.5 Å². The fourth-order valence-corrected chi connectivity index (χ4v) is 3.59. The lowest BCUT2D eigenvalue weighted by Gasteiger charge is -2.22. The van der Waals surface area contributed by atoms with Crippen LogP contribution in [0.5, 0.6) is 0 Å². The summed E-state index contributed by atoms with van der Waals surface area (Å²) in [6.45, 7) is 0. The predicted octanol–water partition coefficient (Wildman–Crippen LogP) is 3.78. The molecule has 2 aromatic carbocycles. The predicted molar refractivity (Wildman–Crippen MR) is 118 cm³/mol. The van der Waals surface area contributed by atoms with Crippen LogP contribution in [-0.2, 0) is 0 Å². The molecule has 8 nitrogen and oxygen atoms in total. The molecule has 0 atom stereocenters. The van der Waals surface area contributed by atoms with E-state index in [1.54, 1.807) is 24.3 Å². The van der Waals surface area contributed by atoms with Crippen LogP contribution in [0.4, 0.5) is 11.4 Å². The molecule has 0 aliphatic heterocycles. The first-order valence-electron chi connectivity index (χ1n) is 9.71. The van der Waals surface area contributed by atoms with Gasteiger partial charge < -0.3 is 10.6 Å². The summed E-state index contributed by atoms with van der Waals surface area (Å²) >= 11 is 5.12. The van der Waals surface area contributed by atoms with Gasteiger partial charge in [0, 0.05) is 23.4 Å². The quantitative estimate of drug-likeness (QED) is 0.381. The van der Waals surface area contributed by atoms with Gasteiger partial charge in [0.05, 0.1) is 4.92 Å². The van der Waals surface area contributed by atoms with E-state index in [1.807, 2.05) is 0 Å². The molecule has 1 aliphatic rings. The van der Waals surface area contributed by atoms with E-state index in [0.717, 1.165) is 25.7 Å². The van der Waals surface area contributed by atoms with Crippen molar-refractivity contribution in [3.8, 4) is 0 Å². The normalized spacial score (nSPS) is 13.9. The SMILES string of the molecule is O=C(NC1CCCCC1)c1ccc(NC(=S)NC(=O)c2ccccc2[N+](=O)[O-])cc1. The second-order valence-electron chi connectivity index (χ2n) is 7.07. The van der Waals surface area contributed by atoms with Gasteiger partial charge in [0.25, 0.3) is 17.5 Å². The molecule has 3 rings (SSSR count). The van der Waals surface area contributed by atoms with Crippen LogP contribution in [0.3, 0.4) is 0 Å². The van der Waals surface area contributed by atoms with E-state index in [2.05, 4.69) is 16.0 Å². The molecule has 1 aliphatic carbocycles. The Kier molecular flexibility index (Phi) is 7.08. The van der Waals surface area contributed by atoms with Gasteiger partial charge in [-0.1, -0.05) is 31.4 Å². The van der Waals surface area contributed by atoms with Gasteiger partial charge in [-0.15, -0.1) is 0 Å². The molecule has 156 valence electrons. The summed E-state index contributed by atoms with van der Waals surface area (Å²) in [7, 11) is 0. The Balaban J connectivity index is 1.56. The largest absolute Gasteiger partial charge is 0.349 e. The molecule has 0 spiro atoms. The number of nitro groups is 1. The zero-order valence-corrected chi connectivity index (χ0v) is 17.0. The summed E-state index contributed by atoms with van der Waals surface area (Å²) in [5.41, 5.74) is 0.741. The van der Waals surface area contributed by atoms with Crippen LogP contribution < -0.4 is 16.0 Å². The number of benzene rings is 2. The number of para-hydroxylation sites is 1. The Morgan fingerprint density at radius 2 is 1.63 bits per heavy atom. The van der Waals surface area contributed by atoms with Crippen molar-refractivity contribution >= 4 is 40.5 Å². The average Bonchev–Trinajstić information content (AvgIpc) is 2.74. The third-order valence-corrected chi connectivity index (χ3v) is 5.12. The second kappa shape index (κ2) is 9.93. The van der Waals surface area contributed by atoms with Crippen LogP contribution in [-0.4, -0.2) is 27.9 Å². The first-order valence-corrected chi connectivity index (χ1v) is 10.1. The van der Waals surface area contributed by atoms with Crippen LogP contribution >= 0.6 is 12.2 Å². The Hall–Kier alpha value is -3.33. The summed E-state index contributed by atoms with van der Waals surface area (Å²) in [4.78, 5) is 35.1. The molecule has 0 saturated heterocycles. The molecule has 0 radical (unpaired) electrons. The number of rotatable bonds is 5. The molecule has 30 heavy (non-hydrogen) atoms. The van der Waals surface area contributed by atoms with E-state index in [4.69, 9.17) is 12.2 Å². The van der Waals surface area contributed by atoms with Gasteiger partial charge in [-0.3, -0.25) is 25.0 Å². The van der Waals surface area contributed by atoms with Gasteiger partial charge in [-0.2, -0.15) is 0 Å². The zero-order chi connectivity index (χ0) is 21.5. The fraction of sp³-hybridized carbons (Fsp3) is 0.286. The van der Waals surface area contributed by atoms with Gasteiger partial charge in [0.1, 0.15) is 5.56 Å². The lowest BCUT2D eigenvalue weighted by atomic mass is 9.95. The van der Waals surface area contributed by atoms with Crippen LogP contribution in [0.2, 0.25) is 0 Å². The number of hydrogen-bond donors (Lipinski definition) is 3. The third kappa shape index (κ3) is 5.60. The number of nitro benzene ring substituents is 1. The first-order chi connectivity index (χ1) is 14.4. The molecular weight excluding hydrogens is 404 g/mol. The van der Waals surface area contributed by atoms with Crippen molar-refractivity contribution in [3.05, 3.63) is 69.8 Å². The average molecular weight is 426 g/mol. The number of carbonyl (C=O) groups is 2. The van der Waals surface area contributed by atoms with Gasteiger partial charge >= 0.3 is 0 Å². The molecule has 9 heteroatoms. The number of carbonyl (C=O) groups excluding carboxylic acids is 2. The van der Waals surface area contributed by atoms with Crippen molar-refractivity contribution in [2.45, 2.75) is 38.1 Å². The molecule has 2 amide bonds. The highest BCUT2D eigenvalue weighted by atomic mass is 32.1. The van der Waals surface area contributed by atoms with E-state index in [0.29, 0.717) is 11.3 Å². The molecule has 0 unspecified atom stereocenters. The molecular formula is C21H22N4O4S. The Morgan fingerprint density at radius 3 is 2.30 bits per heavy atom. The molecule has 2 aromatic rings. The van der Waals surface area contributed by atoms with Crippen molar-refractivity contribution in [1.82, 2.24) is 10.6 Å². The monoisotopic (exact) mass is 426 g/mol. The number of amides is 2. The summed E-state index contributed by atoms with van der Waals surface area (Å²) < 4.78 is 0. The number of hydrogen-bond acceptors (Lipinski definition) is 5. The van der Waals surface area contributed by atoms with E-state index in [9.17, 15) is 19.7 Å². The van der Waals surface area contributed by atoms with Crippen molar-refractivity contribution in [1.29, 1.82) is 0 Å². The highest BCUT2D eigenvalue weighted by Crippen LogP contribution is 2.19. The van der Waals surface area contributed by atoms with E-state index < -0.39 is 10.8 Å². The molecule has 0 bridgehead atoms. The van der Waals surface area contributed by atoms with Gasteiger partial charge in [0.15, 0.2) is 5.11 Å². The standard InChI is InChI=1S/C21H22N4O4S/c26-19(22-15-6-2-1-3-7-15)14-10-12-16(13-11-14)23-21(30)24-20(27)17-8-4-5-9-18(17)25(28)29/h4-5,8-13,15H,1-3,6-7H2,(H,22,26)(H2,23,24,27,30). The summed E-state index contributed by atoms with van der Waals surface area (Å²) in [6.07, 6.45) is 5.53. The Labute approximate surface area is 179 Å². The van der Waals surface area contributed by atoms with Crippen LogP contribution in [0, 0.1) is 10.1 Å². The van der Waals surface area contributed by atoms with Gasteiger partial charge in [-0.25, -0.2) is 0 Å². The van der Waals surface area contributed by atoms with Crippen molar-refractivity contribution in [2.75, 3.05) is 5.32 Å². The topological polar surface area (TPSA) is 113 Å². The Morgan fingerprint density at radius 1 is 0.967 bits per heavy atom. The van der Waals surface area contributed by atoms with E-state index in [-0.39, 0.29) is 28.3 Å². The molecule has 0 aromatic heterocycles. The minimum atomic E-state index is -0.678. The van der Waals surface area contributed by atoms with E-state index in [1.165, 1.54) is 30.7 Å². The van der Waals surface area contributed by atoms with Crippen LogP contribution in [0.1, 0.15) is 52.8 Å². The minimum Gasteiger partial charge on any atom is -0.349 e. The maximum absolute atomic E-state index is 12.4. The Bertz CT molecular complexity index is 956. The maximum atomic E-state index is 12.4. The smallest absolute Gasteiger partial charge is 0.282 e. The summed E-state index contributed by atoms with van der Waals surface area (Å²) in [5.74, 6) is -0.788. The van der Waals surface area contributed by atoms with Crippen LogP contribution in [0.25, 0.3) is 0 Å². The highest BCUT2D eigenvalue weighted by molar-refractivity contribution is 7.80. The molecule has 0 heterocycles.